The molecule has 0 aromatic carbocycles. The standard InChI is InChI=1S/2C4H4O4.O.Ti/c2*5-3(6)1-2-4(7)8;;/h2*1-2H,(H,5,6)(H,7,8);;/b2*2-1-;;. The fourth-order valence-electron chi connectivity index (χ4n) is 0.285. The monoisotopic (exact) mass is 296 g/mol. The SMILES string of the molecule is O=C(O)/C=C\C(=O)O.O=C(O)/C=C\C(=O)O.[O]=[Ti]. The molecule has 4 N–H and O–H groups in total. The Balaban J connectivity index is -0.000000219. The van der Waals surface area contributed by atoms with Gasteiger partial charge < -0.3 is 20.4 Å². The summed E-state index contributed by atoms with van der Waals surface area (Å²) in [6.07, 6.45) is 2.23. The van der Waals surface area contributed by atoms with Crippen molar-refractivity contribution in [1.82, 2.24) is 0 Å². The number of carboxylic acids is 4. The second kappa shape index (κ2) is 14.9. The number of aliphatic carboxylic acids is 4. The van der Waals surface area contributed by atoms with E-state index >= 15 is 0 Å². The normalized spacial score (nSPS) is 8.61. The van der Waals surface area contributed by atoms with E-state index in [0.29, 0.717) is 24.3 Å². The van der Waals surface area contributed by atoms with Gasteiger partial charge in [-0.2, -0.15) is 0 Å². The molecule has 0 saturated heterocycles. The summed E-state index contributed by atoms with van der Waals surface area (Å²) in [5, 5.41) is 31.2. The zero-order valence-corrected chi connectivity index (χ0v) is 10.2. The molecular formula is C8H8O9Ti. The third-order valence-corrected chi connectivity index (χ3v) is 0.737. The molecule has 0 spiro atoms. The van der Waals surface area contributed by atoms with Gasteiger partial charge in [0.25, 0.3) is 0 Å². The van der Waals surface area contributed by atoms with Gasteiger partial charge in [0.05, 0.1) is 0 Å². The van der Waals surface area contributed by atoms with Gasteiger partial charge >= 0.3 is 47.6 Å². The molecule has 0 aromatic rings. The molecule has 0 heterocycles. The summed E-state index contributed by atoms with van der Waals surface area (Å²) < 4.78 is 8.25. The second-order valence-electron chi connectivity index (χ2n) is 2.02. The molecule has 0 rings (SSSR count). The molecular weight excluding hydrogens is 288 g/mol. The van der Waals surface area contributed by atoms with Gasteiger partial charge in [-0.25, -0.2) is 19.2 Å². The van der Waals surface area contributed by atoms with Crippen molar-refractivity contribution in [2.75, 3.05) is 0 Å². The van der Waals surface area contributed by atoms with E-state index in [4.69, 9.17) is 23.8 Å². The van der Waals surface area contributed by atoms with E-state index in [1.807, 2.05) is 0 Å². The molecule has 0 amide bonds. The fourth-order valence-corrected chi connectivity index (χ4v) is 0.285. The van der Waals surface area contributed by atoms with Crippen molar-refractivity contribution in [3.63, 3.8) is 0 Å². The first-order valence-electron chi connectivity index (χ1n) is 3.74. The Morgan fingerprint density at radius 1 is 0.556 bits per heavy atom. The van der Waals surface area contributed by atoms with Crippen LogP contribution in [0.25, 0.3) is 0 Å². The Hall–Kier alpha value is -2.13. The summed E-state index contributed by atoms with van der Waals surface area (Å²) in [7, 11) is 0. The molecule has 9 nitrogen and oxygen atoms in total. The van der Waals surface area contributed by atoms with E-state index in [1.165, 1.54) is 0 Å². The number of carboxylic acid groups (broad SMARTS) is 4. The van der Waals surface area contributed by atoms with Crippen LogP contribution in [0.15, 0.2) is 24.3 Å². The summed E-state index contributed by atoms with van der Waals surface area (Å²) >= 11 is 0.750. The van der Waals surface area contributed by atoms with Crippen molar-refractivity contribution in [2.24, 2.45) is 0 Å². The Morgan fingerprint density at radius 3 is 0.722 bits per heavy atom. The molecule has 0 saturated carbocycles. The zero-order valence-electron chi connectivity index (χ0n) is 8.64. The zero-order chi connectivity index (χ0) is 15.1. The molecule has 18 heavy (non-hydrogen) atoms. The quantitative estimate of drug-likeness (QED) is 0.387. The topological polar surface area (TPSA) is 166 Å². The number of rotatable bonds is 4. The van der Waals surface area contributed by atoms with Crippen LogP contribution in [-0.2, 0) is 42.9 Å². The number of hydrogen-bond acceptors (Lipinski definition) is 5. The van der Waals surface area contributed by atoms with Crippen molar-refractivity contribution in [2.45, 2.75) is 0 Å². The maximum atomic E-state index is 9.55. The number of hydrogen-bond donors (Lipinski definition) is 4. The molecule has 10 heteroatoms. The van der Waals surface area contributed by atoms with Gasteiger partial charge in [-0.1, -0.05) is 0 Å². The Morgan fingerprint density at radius 2 is 0.667 bits per heavy atom. The molecule has 0 aliphatic rings. The van der Waals surface area contributed by atoms with E-state index in [-0.39, 0.29) is 0 Å². The van der Waals surface area contributed by atoms with Crippen molar-refractivity contribution in [1.29, 1.82) is 0 Å². The van der Waals surface area contributed by atoms with Crippen LogP contribution in [0.5, 0.6) is 0 Å². The van der Waals surface area contributed by atoms with Crippen LogP contribution in [0.3, 0.4) is 0 Å². The minimum atomic E-state index is -1.26. The Labute approximate surface area is 112 Å². The molecule has 0 aliphatic heterocycles. The van der Waals surface area contributed by atoms with E-state index in [0.717, 1.165) is 20.4 Å². The van der Waals surface area contributed by atoms with E-state index in [1.54, 1.807) is 0 Å². The molecule has 0 atom stereocenters. The third-order valence-electron chi connectivity index (χ3n) is 0.737. The van der Waals surface area contributed by atoms with Crippen molar-refractivity contribution in [3.05, 3.63) is 24.3 Å². The molecule has 0 fully saturated rings. The van der Waals surface area contributed by atoms with Crippen LogP contribution >= 0.6 is 0 Å². The van der Waals surface area contributed by atoms with Gasteiger partial charge in [-0.05, 0) is 0 Å². The molecule has 0 bridgehead atoms. The van der Waals surface area contributed by atoms with Crippen LogP contribution < -0.4 is 0 Å². The van der Waals surface area contributed by atoms with Crippen molar-refractivity contribution >= 4 is 23.9 Å². The van der Waals surface area contributed by atoms with E-state index in [9.17, 15) is 19.2 Å². The first-order chi connectivity index (χ1) is 8.25. The predicted octanol–water partition coefficient (Wildman–Crippen LogP) is -0.698. The molecule has 0 radical (unpaired) electrons. The van der Waals surface area contributed by atoms with Crippen molar-refractivity contribution < 1.29 is 63.3 Å². The van der Waals surface area contributed by atoms with Gasteiger partial charge in [-0.3, -0.25) is 0 Å². The van der Waals surface area contributed by atoms with Crippen LogP contribution in [0.2, 0.25) is 0 Å². The molecule has 0 aliphatic carbocycles. The average Bonchev–Trinajstić information content (AvgIpc) is 2.27. The summed E-state index contributed by atoms with van der Waals surface area (Å²) in [6.45, 7) is 0. The van der Waals surface area contributed by atoms with Gasteiger partial charge in [-0.15, -0.1) is 0 Å². The minimum absolute atomic E-state index is 0.558. The maximum absolute atomic E-state index is 9.55. The second-order valence-corrected chi connectivity index (χ2v) is 2.02. The third kappa shape index (κ3) is 37.1. The summed E-state index contributed by atoms with van der Waals surface area (Å²) in [5.41, 5.74) is 0. The molecule has 0 aromatic heterocycles. The average molecular weight is 296 g/mol. The summed E-state index contributed by atoms with van der Waals surface area (Å²) in [4.78, 5) is 38.2. The summed E-state index contributed by atoms with van der Waals surface area (Å²) in [5.74, 6) is -5.03. The first-order valence-corrected chi connectivity index (χ1v) is 4.37. The first kappa shape index (κ1) is 21.2. The van der Waals surface area contributed by atoms with Crippen LogP contribution in [0.1, 0.15) is 0 Å². The van der Waals surface area contributed by atoms with Gasteiger partial charge in [0.15, 0.2) is 0 Å². The van der Waals surface area contributed by atoms with Crippen molar-refractivity contribution in [3.8, 4) is 0 Å². The van der Waals surface area contributed by atoms with Crippen LogP contribution in [-0.4, -0.2) is 44.3 Å². The molecule has 0 unspecified atom stereocenters. The van der Waals surface area contributed by atoms with Gasteiger partial charge in [0.1, 0.15) is 0 Å². The Bertz CT molecular complexity index is 292. The fraction of sp³-hybridized carbons (Fsp3) is 0. The van der Waals surface area contributed by atoms with E-state index in [2.05, 4.69) is 0 Å². The van der Waals surface area contributed by atoms with Crippen LogP contribution in [0, 0.1) is 0 Å². The van der Waals surface area contributed by atoms with E-state index < -0.39 is 23.9 Å². The summed E-state index contributed by atoms with van der Waals surface area (Å²) in [6, 6.07) is 0. The van der Waals surface area contributed by atoms with Gasteiger partial charge in [0, 0.05) is 24.3 Å². The van der Waals surface area contributed by atoms with Crippen LogP contribution in [0.4, 0.5) is 0 Å². The Kier molecular flexibility index (Phi) is 17.5. The van der Waals surface area contributed by atoms with Gasteiger partial charge in [0.2, 0.25) is 0 Å². The predicted molar refractivity (Wildman–Crippen MR) is 49.5 cm³/mol. The number of carbonyl (C=O) groups is 4. The molecule has 98 valence electrons.